The number of carbonyl (C=O) groups is 1. The molecule has 0 saturated heterocycles. The van der Waals surface area contributed by atoms with E-state index in [2.05, 4.69) is 5.32 Å². The fourth-order valence-electron chi connectivity index (χ4n) is 1.35. The maximum absolute atomic E-state index is 11.8. The Morgan fingerprint density at radius 1 is 1.29 bits per heavy atom. The summed E-state index contributed by atoms with van der Waals surface area (Å²) in [4.78, 5) is 12.1. The largest absolute Gasteiger partial charge is 0.389 e. The van der Waals surface area contributed by atoms with Crippen LogP contribution in [0.2, 0.25) is 0 Å². The molecule has 0 fully saturated rings. The molecule has 0 bridgehead atoms. The van der Waals surface area contributed by atoms with E-state index in [1.54, 1.807) is 29.6 Å². The van der Waals surface area contributed by atoms with Gasteiger partial charge in [-0.25, -0.2) is 0 Å². The van der Waals surface area contributed by atoms with Gasteiger partial charge in [-0.15, -0.1) is 0 Å². The Kier molecular flexibility index (Phi) is 3.51. The Balaban J connectivity index is 2.16. The van der Waals surface area contributed by atoms with Crippen molar-refractivity contribution in [3.63, 3.8) is 0 Å². The number of carbonyl (C=O) groups excluding carboxylic acids is 1. The molecule has 3 N–H and O–H groups in total. The lowest BCUT2D eigenvalue weighted by Crippen LogP contribution is -2.13. The first kappa shape index (κ1) is 11.8. The third kappa shape index (κ3) is 2.89. The molecule has 0 spiro atoms. The van der Waals surface area contributed by atoms with Gasteiger partial charge in [0.15, 0.2) is 0 Å². The van der Waals surface area contributed by atoms with Gasteiger partial charge in [0.2, 0.25) is 0 Å². The second kappa shape index (κ2) is 5.07. The van der Waals surface area contributed by atoms with Crippen molar-refractivity contribution in [1.29, 1.82) is 0 Å². The van der Waals surface area contributed by atoms with Crippen molar-refractivity contribution in [3.05, 3.63) is 52.2 Å². The molecule has 0 aliphatic rings. The van der Waals surface area contributed by atoms with Crippen LogP contribution >= 0.6 is 23.6 Å². The van der Waals surface area contributed by atoms with E-state index in [1.165, 1.54) is 11.3 Å². The first-order valence-electron chi connectivity index (χ1n) is 4.90. The Labute approximate surface area is 108 Å². The van der Waals surface area contributed by atoms with Crippen molar-refractivity contribution in [2.45, 2.75) is 0 Å². The van der Waals surface area contributed by atoms with Gasteiger partial charge >= 0.3 is 0 Å². The maximum Gasteiger partial charge on any atom is 0.256 e. The molecule has 0 atom stereocenters. The first-order chi connectivity index (χ1) is 8.16. The minimum absolute atomic E-state index is 0.133. The average Bonchev–Trinajstić information content (AvgIpc) is 2.82. The summed E-state index contributed by atoms with van der Waals surface area (Å²) in [5.74, 6) is -0.133. The van der Waals surface area contributed by atoms with Crippen LogP contribution in [0.3, 0.4) is 0 Å². The quantitative estimate of drug-likeness (QED) is 0.836. The summed E-state index contributed by atoms with van der Waals surface area (Å²) in [5, 5.41) is 6.45. The van der Waals surface area contributed by atoms with E-state index in [-0.39, 0.29) is 5.91 Å². The number of thiophene rings is 1. The van der Waals surface area contributed by atoms with Crippen LogP contribution in [0.1, 0.15) is 15.9 Å². The van der Waals surface area contributed by atoms with Crippen molar-refractivity contribution < 1.29 is 4.79 Å². The highest BCUT2D eigenvalue weighted by Gasteiger charge is 2.06. The number of thiocarbonyl (C=S) groups is 1. The summed E-state index contributed by atoms with van der Waals surface area (Å²) in [5.41, 5.74) is 7.60. The van der Waals surface area contributed by atoms with Crippen molar-refractivity contribution in [2.24, 2.45) is 5.73 Å². The van der Waals surface area contributed by atoms with Crippen LogP contribution < -0.4 is 11.1 Å². The van der Waals surface area contributed by atoms with E-state index >= 15 is 0 Å². The van der Waals surface area contributed by atoms with Crippen molar-refractivity contribution >= 4 is 40.1 Å². The smallest absolute Gasteiger partial charge is 0.256 e. The molecule has 0 aliphatic heterocycles. The molecule has 1 amide bonds. The van der Waals surface area contributed by atoms with Crippen LogP contribution in [0.15, 0.2) is 41.1 Å². The predicted octanol–water partition coefficient (Wildman–Crippen LogP) is 2.63. The van der Waals surface area contributed by atoms with Gasteiger partial charge in [-0.2, -0.15) is 11.3 Å². The third-order valence-corrected chi connectivity index (χ3v) is 3.11. The number of benzene rings is 1. The van der Waals surface area contributed by atoms with Crippen LogP contribution in [-0.4, -0.2) is 10.9 Å². The summed E-state index contributed by atoms with van der Waals surface area (Å²) >= 11 is 6.37. The number of nitrogens with one attached hydrogen (secondary N) is 1. The monoisotopic (exact) mass is 262 g/mol. The van der Waals surface area contributed by atoms with Crippen LogP contribution in [0.25, 0.3) is 0 Å². The molecule has 1 aromatic carbocycles. The van der Waals surface area contributed by atoms with Crippen molar-refractivity contribution in [1.82, 2.24) is 0 Å². The lowest BCUT2D eigenvalue weighted by Gasteiger charge is -2.05. The topological polar surface area (TPSA) is 55.1 Å². The van der Waals surface area contributed by atoms with Crippen LogP contribution in [0, 0.1) is 0 Å². The zero-order valence-electron chi connectivity index (χ0n) is 8.84. The van der Waals surface area contributed by atoms with Gasteiger partial charge in [0, 0.05) is 16.6 Å². The standard InChI is InChI=1S/C12H10N2OS2/c13-11(16)8-2-1-3-10(6-8)14-12(15)9-4-5-17-7-9/h1-7H,(H2,13,16)(H,14,15). The van der Waals surface area contributed by atoms with Gasteiger partial charge in [0.1, 0.15) is 4.99 Å². The predicted molar refractivity (Wildman–Crippen MR) is 74.6 cm³/mol. The summed E-state index contributed by atoms with van der Waals surface area (Å²) < 4.78 is 0. The third-order valence-electron chi connectivity index (χ3n) is 2.19. The summed E-state index contributed by atoms with van der Waals surface area (Å²) in [7, 11) is 0. The van der Waals surface area contributed by atoms with Gasteiger partial charge in [-0.3, -0.25) is 4.79 Å². The number of hydrogen-bond donors (Lipinski definition) is 2. The molecule has 5 heteroatoms. The van der Waals surface area contributed by atoms with Gasteiger partial charge in [-0.1, -0.05) is 24.4 Å². The number of amides is 1. The summed E-state index contributed by atoms with van der Waals surface area (Å²) in [6, 6.07) is 8.94. The fourth-order valence-corrected chi connectivity index (χ4v) is 2.11. The van der Waals surface area contributed by atoms with Gasteiger partial charge in [0.25, 0.3) is 5.91 Å². The zero-order chi connectivity index (χ0) is 12.3. The van der Waals surface area contributed by atoms with Crippen LogP contribution in [0.5, 0.6) is 0 Å². The van der Waals surface area contributed by atoms with E-state index in [0.29, 0.717) is 16.2 Å². The molecule has 0 saturated carbocycles. The molecule has 0 radical (unpaired) electrons. The van der Waals surface area contributed by atoms with Crippen LogP contribution in [0.4, 0.5) is 5.69 Å². The Hall–Kier alpha value is -1.72. The zero-order valence-corrected chi connectivity index (χ0v) is 10.5. The lowest BCUT2D eigenvalue weighted by atomic mass is 10.2. The van der Waals surface area contributed by atoms with Crippen LogP contribution in [-0.2, 0) is 0 Å². The molecule has 2 aromatic rings. The summed E-state index contributed by atoms with van der Waals surface area (Å²) in [6.45, 7) is 0. The molecule has 1 aromatic heterocycles. The van der Waals surface area contributed by atoms with E-state index in [0.717, 1.165) is 5.56 Å². The highest BCUT2D eigenvalue weighted by Crippen LogP contribution is 2.13. The van der Waals surface area contributed by atoms with Crippen molar-refractivity contribution in [2.75, 3.05) is 5.32 Å². The number of rotatable bonds is 3. The highest BCUT2D eigenvalue weighted by atomic mass is 32.1. The summed E-state index contributed by atoms with van der Waals surface area (Å²) in [6.07, 6.45) is 0. The molecule has 17 heavy (non-hydrogen) atoms. The van der Waals surface area contributed by atoms with Crippen molar-refractivity contribution in [3.8, 4) is 0 Å². The SMILES string of the molecule is NC(=S)c1cccc(NC(=O)c2ccsc2)c1. The Morgan fingerprint density at radius 3 is 2.76 bits per heavy atom. The molecule has 3 nitrogen and oxygen atoms in total. The molecule has 2 rings (SSSR count). The molecule has 1 heterocycles. The first-order valence-corrected chi connectivity index (χ1v) is 6.25. The highest BCUT2D eigenvalue weighted by molar-refractivity contribution is 7.80. The van der Waals surface area contributed by atoms with E-state index < -0.39 is 0 Å². The van der Waals surface area contributed by atoms with Gasteiger partial charge in [0.05, 0.1) is 5.56 Å². The van der Waals surface area contributed by atoms with E-state index in [1.807, 2.05) is 11.4 Å². The molecule has 86 valence electrons. The number of nitrogens with two attached hydrogens (primary N) is 1. The van der Waals surface area contributed by atoms with Gasteiger partial charge in [-0.05, 0) is 23.6 Å². The average molecular weight is 262 g/mol. The molecular formula is C12H10N2OS2. The number of hydrogen-bond acceptors (Lipinski definition) is 3. The lowest BCUT2D eigenvalue weighted by molar-refractivity contribution is 0.102. The molecule has 0 unspecified atom stereocenters. The second-order valence-corrected chi connectivity index (χ2v) is 4.63. The Bertz CT molecular complexity index is 549. The van der Waals surface area contributed by atoms with E-state index in [9.17, 15) is 4.79 Å². The minimum Gasteiger partial charge on any atom is -0.389 e. The minimum atomic E-state index is -0.133. The fraction of sp³-hybridized carbons (Fsp3) is 0. The normalized spacial score (nSPS) is 9.88. The van der Waals surface area contributed by atoms with E-state index in [4.69, 9.17) is 18.0 Å². The molecule has 0 aliphatic carbocycles. The number of anilines is 1. The Morgan fingerprint density at radius 2 is 2.12 bits per heavy atom. The molecular weight excluding hydrogens is 252 g/mol. The second-order valence-electron chi connectivity index (χ2n) is 3.41. The van der Waals surface area contributed by atoms with Gasteiger partial charge < -0.3 is 11.1 Å². The maximum atomic E-state index is 11.8.